The first-order chi connectivity index (χ1) is 14.8. The topological polar surface area (TPSA) is 130 Å². The molecule has 1 aliphatic heterocycles. The molecule has 1 unspecified atom stereocenters. The molecule has 0 radical (unpaired) electrons. The number of aliphatic carboxylic acids is 1. The first kappa shape index (κ1) is 25.5. The van der Waals surface area contributed by atoms with Crippen LogP contribution in [0.2, 0.25) is 0 Å². The monoisotopic (exact) mass is 454 g/mol. The molecule has 1 heterocycles. The third-order valence-electron chi connectivity index (χ3n) is 5.56. The van der Waals surface area contributed by atoms with E-state index in [9.17, 15) is 24.2 Å². The maximum absolute atomic E-state index is 13.0. The molecule has 4 N–H and O–H groups in total. The van der Waals surface area contributed by atoms with E-state index in [0.29, 0.717) is 38.8 Å². The standard InChI is InChI=1S/C22H35N2O6P/c23-15-7-2-5-14-20(21(25)24-16-9-13-19(24)22(26)27)30-31(28,29)17-8-6-12-18-10-3-1-4-11-18/h1,3-4,10-11,19-20H,2,5-9,12-17,23H2,(H,26,27)(H,28,29)/t19-,20-/m0/s1. The average Bonchev–Trinajstić information content (AvgIpc) is 3.24. The number of likely N-dealkylation sites (tertiary alicyclic amines) is 1. The Kier molecular flexibility index (Phi) is 10.7. The van der Waals surface area contributed by atoms with E-state index in [1.165, 1.54) is 4.90 Å². The van der Waals surface area contributed by atoms with Crippen LogP contribution in [0.1, 0.15) is 56.9 Å². The molecule has 0 spiro atoms. The van der Waals surface area contributed by atoms with Crippen molar-refractivity contribution in [2.24, 2.45) is 5.73 Å². The highest BCUT2D eigenvalue weighted by Gasteiger charge is 2.39. The van der Waals surface area contributed by atoms with Crippen molar-refractivity contribution < 1.29 is 28.7 Å². The van der Waals surface area contributed by atoms with Gasteiger partial charge in [0, 0.05) is 6.54 Å². The third-order valence-corrected chi connectivity index (χ3v) is 7.02. The summed E-state index contributed by atoms with van der Waals surface area (Å²) in [5.74, 6) is -1.56. The number of carbonyl (C=O) groups is 2. The van der Waals surface area contributed by atoms with Crippen LogP contribution in [0.5, 0.6) is 0 Å². The van der Waals surface area contributed by atoms with Gasteiger partial charge in [0.2, 0.25) is 0 Å². The molecule has 0 aromatic heterocycles. The lowest BCUT2D eigenvalue weighted by molar-refractivity contribution is -0.151. The number of carboxylic acid groups (broad SMARTS) is 1. The lowest BCUT2D eigenvalue weighted by atomic mass is 10.1. The predicted octanol–water partition coefficient (Wildman–Crippen LogP) is 3.17. The number of benzene rings is 1. The Bertz CT molecular complexity index is 745. The lowest BCUT2D eigenvalue weighted by Crippen LogP contribution is -2.46. The van der Waals surface area contributed by atoms with Gasteiger partial charge in [-0.15, -0.1) is 0 Å². The van der Waals surface area contributed by atoms with Crippen LogP contribution in [-0.4, -0.2) is 58.2 Å². The Morgan fingerprint density at radius 2 is 1.90 bits per heavy atom. The first-order valence-corrected chi connectivity index (χ1v) is 12.9. The van der Waals surface area contributed by atoms with Crippen LogP contribution < -0.4 is 5.73 Å². The highest BCUT2D eigenvalue weighted by Crippen LogP contribution is 2.45. The molecule has 1 saturated heterocycles. The van der Waals surface area contributed by atoms with Crippen LogP contribution in [0.15, 0.2) is 30.3 Å². The number of carbonyl (C=O) groups excluding carboxylic acids is 1. The van der Waals surface area contributed by atoms with Crippen molar-refractivity contribution >= 4 is 19.5 Å². The first-order valence-electron chi connectivity index (χ1n) is 11.1. The molecule has 0 bridgehead atoms. The fraction of sp³-hybridized carbons (Fsp3) is 0.636. The summed E-state index contributed by atoms with van der Waals surface area (Å²) in [5.41, 5.74) is 6.68. The second kappa shape index (κ2) is 13.0. The number of nitrogens with zero attached hydrogens (tertiary/aromatic N) is 1. The summed E-state index contributed by atoms with van der Waals surface area (Å²) in [4.78, 5) is 36.1. The second-order valence-corrected chi connectivity index (χ2v) is 10.00. The van der Waals surface area contributed by atoms with Gasteiger partial charge in [-0.25, -0.2) is 4.79 Å². The van der Waals surface area contributed by atoms with Crippen molar-refractivity contribution in [3.63, 3.8) is 0 Å². The average molecular weight is 455 g/mol. The molecule has 2 rings (SSSR count). The molecule has 1 aromatic carbocycles. The summed E-state index contributed by atoms with van der Waals surface area (Å²) < 4.78 is 18.2. The maximum atomic E-state index is 13.0. The smallest absolute Gasteiger partial charge is 0.328 e. The normalized spacial score (nSPS) is 19.2. The molecule has 174 valence electrons. The Morgan fingerprint density at radius 3 is 2.58 bits per heavy atom. The van der Waals surface area contributed by atoms with Crippen LogP contribution in [0.4, 0.5) is 0 Å². The molecule has 1 aromatic rings. The van der Waals surface area contributed by atoms with Crippen LogP contribution in [0, 0.1) is 0 Å². The zero-order chi connectivity index (χ0) is 22.7. The van der Waals surface area contributed by atoms with E-state index >= 15 is 0 Å². The van der Waals surface area contributed by atoms with Crippen LogP contribution in [-0.2, 0) is 25.1 Å². The van der Waals surface area contributed by atoms with Gasteiger partial charge in [0.25, 0.3) is 5.91 Å². The molecular weight excluding hydrogens is 419 g/mol. The number of rotatable bonds is 14. The molecule has 0 saturated carbocycles. The van der Waals surface area contributed by atoms with Gasteiger partial charge in [-0.1, -0.05) is 43.2 Å². The van der Waals surface area contributed by atoms with Gasteiger partial charge in [-0.05, 0) is 57.1 Å². The third kappa shape index (κ3) is 8.73. The Balaban J connectivity index is 1.93. The minimum Gasteiger partial charge on any atom is -0.480 e. The summed E-state index contributed by atoms with van der Waals surface area (Å²) in [7, 11) is -3.98. The number of aryl methyl sites for hydroxylation is 1. The molecule has 3 atom stereocenters. The van der Waals surface area contributed by atoms with E-state index in [-0.39, 0.29) is 12.6 Å². The van der Waals surface area contributed by atoms with E-state index in [4.69, 9.17) is 10.3 Å². The van der Waals surface area contributed by atoms with Gasteiger partial charge in [0.15, 0.2) is 0 Å². The summed E-state index contributed by atoms with van der Waals surface area (Å²) in [6, 6.07) is 8.99. The van der Waals surface area contributed by atoms with Crippen molar-refractivity contribution in [2.45, 2.75) is 69.9 Å². The SMILES string of the molecule is NCCCCC[C@H](OP(=O)(O)CCCCc1ccccc1)C(=O)N1CCC[C@H]1C(=O)O. The van der Waals surface area contributed by atoms with Gasteiger partial charge < -0.3 is 20.6 Å². The van der Waals surface area contributed by atoms with E-state index in [1.807, 2.05) is 30.3 Å². The van der Waals surface area contributed by atoms with Crippen molar-refractivity contribution in [1.29, 1.82) is 0 Å². The zero-order valence-electron chi connectivity index (χ0n) is 18.0. The molecule has 1 aliphatic rings. The van der Waals surface area contributed by atoms with Gasteiger partial charge in [0.05, 0.1) is 6.16 Å². The predicted molar refractivity (Wildman–Crippen MR) is 119 cm³/mol. The maximum Gasteiger partial charge on any atom is 0.328 e. The molecule has 0 aliphatic carbocycles. The quantitative estimate of drug-likeness (QED) is 0.291. The molecule has 8 nitrogen and oxygen atoms in total. The fourth-order valence-electron chi connectivity index (χ4n) is 3.88. The summed E-state index contributed by atoms with van der Waals surface area (Å²) in [5, 5.41) is 9.38. The van der Waals surface area contributed by atoms with E-state index in [2.05, 4.69) is 0 Å². The van der Waals surface area contributed by atoms with Crippen LogP contribution in [0.3, 0.4) is 0 Å². The number of nitrogens with two attached hydrogens (primary N) is 1. The van der Waals surface area contributed by atoms with Crippen LogP contribution in [0.25, 0.3) is 0 Å². The van der Waals surface area contributed by atoms with Crippen molar-refractivity contribution in [2.75, 3.05) is 19.3 Å². The number of hydrogen-bond acceptors (Lipinski definition) is 5. The minimum absolute atomic E-state index is 0.0330. The number of hydrogen-bond donors (Lipinski definition) is 3. The molecule has 1 amide bonds. The van der Waals surface area contributed by atoms with Crippen molar-refractivity contribution in [1.82, 2.24) is 4.90 Å². The summed E-state index contributed by atoms with van der Waals surface area (Å²) in [6.07, 6.45) is 4.34. The Morgan fingerprint density at radius 1 is 1.16 bits per heavy atom. The fourth-order valence-corrected chi connectivity index (χ4v) is 5.20. The van der Waals surface area contributed by atoms with Gasteiger partial charge in [0.1, 0.15) is 12.1 Å². The molecule has 31 heavy (non-hydrogen) atoms. The number of carboxylic acids is 1. The Labute approximate surface area is 184 Å². The highest BCUT2D eigenvalue weighted by atomic mass is 31.2. The van der Waals surface area contributed by atoms with Crippen molar-refractivity contribution in [3.05, 3.63) is 35.9 Å². The minimum atomic E-state index is -3.98. The van der Waals surface area contributed by atoms with Crippen molar-refractivity contribution in [3.8, 4) is 0 Å². The molecular formula is C22H35N2O6P. The summed E-state index contributed by atoms with van der Waals surface area (Å²) >= 11 is 0. The van der Waals surface area contributed by atoms with Gasteiger partial charge >= 0.3 is 13.6 Å². The summed E-state index contributed by atoms with van der Waals surface area (Å²) in [6.45, 7) is 0.859. The van der Waals surface area contributed by atoms with Crippen LogP contribution >= 0.6 is 7.60 Å². The zero-order valence-corrected chi connectivity index (χ0v) is 18.9. The second-order valence-electron chi connectivity index (χ2n) is 8.06. The Hall–Kier alpha value is -1.73. The largest absolute Gasteiger partial charge is 0.480 e. The van der Waals surface area contributed by atoms with Gasteiger partial charge in [-0.3, -0.25) is 13.9 Å². The van der Waals surface area contributed by atoms with E-state index in [1.54, 1.807) is 0 Å². The number of unbranched alkanes of at least 4 members (excludes halogenated alkanes) is 3. The van der Waals surface area contributed by atoms with E-state index < -0.39 is 31.6 Å². The number of amides is 1. The lowest BCUT2D eigenvalue weighted by Gasteiger charge is -2.28. The molecule has 1 fully saturated rings. The van der Waals surface area contributed by atoms with E-state index in [0.717, 1.165) is 31.2 Å². The van der Waals surface area contributed by atoms with Gasteiger partial charge in [-0.2, -0.15) is 0 Å². The highest BCUT2D eigenvalue weighted by molar-refractivity contribution is 7.52. The molecule has 9 heteroatoms.